The van der Waals surface area contributed by atoms with Crippen LogP contribution < -0.4 is 5.73 Å². The zero-order chi connectivity index (χ0) is 13.9. The number of esters is 1. The van der Waals surface area contributed by atoms with Crippen LogP contribution >= 0.6 is 0 Å². The molecule has 1 aliphatic rings. The molecule has 0 spiro atoms. The van der Waals surface area contributed by atoms with E-state index in [1.54, 1.807) is 11.8 Å². The first-order valence-electron chi connectivity index (χ1n) is 6.48. The molecule has 5 nitrogen and oxygen atoms in total. The Balaban J connectivity index is 2.83. The van der Waals surface area contributed by atoms with Crippen LogP contribution in [-0.2, 0) is 14.3 Å². The lowest BCUT2D eigenvalue weighted by atomic mass is 9.80. The number of nitrogens with zero attached hydrogens (tertiary/aromatic N) is 1. The van der Waals surface area contributed by atoms with Crippen LogP contribution in [0.3, 0.4) is 0 Å². The second kappa shape index (κ2) is 5.69. The van der Waals surface area contributed by atoms with Crippen LogP contribution in [0, 0.1) is 11.3 Å². The van der Waals surface area contributed by atoms with E-state index in [1.165, 1.54) is 0 Å². The Morgan fingerprint density at radius 3 is 2.44 bits per heavy atom. The SMILES string of the molecule is CCOC(=O)C(C(=O)N1CCC(N)C1)C(C)(C)C. The lowest BCUT2D eigenvalue weighted by molar-refractivity contribution is -0.160. The largest absolute Gasteiger partial charge is 0.465 e. The second-order valence-corrected chi connectivity index (χ2v) is 5.88. The molecule has 1 aliphatic heterocycles. The molecule has 1 fully saturated rings. The number of nitrogens with two attached hydrogens (primary N) is 1. The van der Waals surface area contributed by atoms with Crippen LogP contribution in [0.1, 0.15) is 34.1 Å². The van der Waals surface area contributed by atoms with Crippen molar-refractivity contribution < 1.29 is 14.3 Å². The van der Waals surface area contributed by atoms with Gasteiger partial charge in [0.2, 0.25) is 5.91 Å². The van der Waals surface area contributed by atoms with Crippen molar-refractivity contribution in [2.24, 2.45) is 17.1 Å². The molecule has 0 saturated carbocycles. The molecule has 0 aromatic rings. The third-order valence-electron chi connectivity index (χ3n) is 3.17. The highest BCUT2D eigenvalue weighted by molar-refractivity contribution is 5.98. The van der Waals surface area contributed by atoms with Gasteiger partial charge in [0.05, 0.1) is 6.61 Å². The minimum atomic E-state index is -0.747. The van der Waals surface area contributed by atoms with Crippen LogP contribution in [0.5, 0.6) is 0 Å². The van der Waals surface area contributed by atoms with Gasteiger partial charge in [-0.2, -0.15) is 0 Å². The molecule has 0 aliphatic carbocycles. The van der Waals surface area contributed by atoms with Crippen LogP contribution in [0.2, 0.25) is 0 Å². The quantitative estimate of drug-likeness (QED) is 0.598. The summed E-state index contributed by atoms with van der Waals surface area (Å²) in [6.07, 6.45) is 0.797. The van der Waals surface area contributed by atoms with Crippen molar-refractivity contribution in [1.82, 2.24) is 4.90 Å². The van der Waals surface area contributed by atoms with Crippen molar-refractivity contribution in [3.8, 4) is 0 Å². The summed E-state index contributed by atoms with van der Waals surface area (Å²) in [6.45, 7) is 8.83. The monoisotopic (exact) mass is 256 g/mol. The number of rotatable bonds is 3. The van der Waals surface area contributed by atoms with Gasteiger partial charge >= 0.3 is 5.97 Å². The summed E-state index contributed by atoms with van der Waals surface area (Å²) >= 11 is 0. The second-order valence-electron chi connectivity index (χ2n) is 5.88. The molecule has 1 saturated heterocycles. The third kappa shape index (κ3) is 3.45. The molecule has 2 unspecified atom stereocenters. The molecular weight excluding hydrogens is 232 g/mol. The third-order valence-corrected chi connectivity index (χ3v) is 3.17. The lowest BCUT2D eigenvalue weighted by Crippen LogP contribution is -2.45. The molecule has 1 rings (SSSR count). The predicted molar refractivity (Wildman–Crippen MR) is 68.8 cm³/mol. The van der Waals surface area contributed by atoms with E-state index < -0.39 is 17.3 Å². The van der Waals surface area contributed by atoms with Crippen LogP contribution in [0.25, 0.3) is 0 Å². The van der Waals surface area contributed by atoms with Gasteiger partial charge in [0, 0.05) is 19.1 Å². The summed E-state index contributed by atoms with van der Waals surface area (Å²) in [5, 5.41) is 0. The van der Waals surface area contributed by atoms with E-state index in [2.05, 4.69) is 0 Å². The maximum atomic E-state index is 12.4. The first-order chi connectivity index (χ1) is 8.27. The fraction of sp³-hybridized carbons (Fsp3) is 0.846. The van der Waals surface area contributed by atoms with E-state index in [0.717, 1.165) is 6.42 Å². The van der Waals surface area contributed by atoms with Crippen LogP contribution in [0.15, 0.2) is 0 Å². The smallest absolute Gasteiger partial charge is 0.319 e. The topological polar surface area (TPSA) is 72.6 Å². The molecule has 0 bridgehead atoms. The number of carbonyl (C=O) groups is 2. The molecule has 2 N–H and O–H groups in total. The van der Waals surface area contributed by atoms with Crippen molar-refractivity contribution in [2.45, 2.75) is 40.2 Å². The molecule has 18 heavy (non-hydrogen) atoms. The molecule has 104 valence electrons. The highest BCUT2D eigenvalue weighted by Crippen LogP contribution is 2.30. The maximum Gasteiger partial charge on any atom is 0.319 e. The van der Waals surface area contributed by atoms with Crippen molar-refractivity contribution in [3.05, 3.63) is 0 Å². The van der Waals surface area contributed by atoms with E-state index in [-0.39, 0.29) is 18.6 Å². The summed E-state index contributed by atoms with van der Waals surface area (Å²) < 4.78 is 5.02. The molecule has 0 radical (unpaired) electrons. The normalized spacial score (nSPS) is 21.8. The average Bonchev–Trinajstić information content (AvgIpc) is 2.63. The van der Waals surface area contributed by atoms with Gasteiger partial charge in [-0.15, -0.1) is 0 Å². The fourth-order valence-corrected chi connectivity index (χ4v) is 2.22. The van der Waals surface area contributed by atoms with Gasteiger partial charge < -0.3 is 15.4 Å². The van der Waals surface area contributed by atoms with E-state index in [4.69, 9.17) is 10.5 Å². The Hall–Kier alpha value is -1.10. The Labute approximate surface area is 109 Å². The Bertz CT molecular complexity index is 323. The predicted octanol–water partition coefficient (Wildman–Crippen LogP) is 0.771. The minimum Gasteiger partial charge on any atom is -0.465 e. The Morgan fingerprint density at radius 2 is 2.06 bits per heavy atom. The number of carbonyl (C=O) groups excluding carboxylic acids is 2. The van der Waals surface area contributed by atoms with Gasteiger partial charge in [0.25, 0.3) is 0 Å². The first-order valence-corrected chi connectivity index (χ1v) is 6.48. The molecule has 2 atom stereocenters. The van der Waals surface area contributed by atoms with E-state index >= 15 is 0 Å². The summed E-state index contributed by atoms with van der Waals surface area (Å²) in [6, 6.07) is 0.0248. The van der Waals surface area contributed by atoms with E-state index in [0.29, 0.717) is 13.1 Å². The van der Waals surface area contributed by atoms with Gasteiger partial charge in [-0.1, -0.05) is 20.8 Å². The molecule has 1 amide bonds. The van der Waals surface area contributed by atoms with Gasteiger partial charge in [-0.3, -0.25) is 9.59 Å². The van der Waals surface area contributed by atoms with Crippen molar-refractivity contribution >= 4 is 11.9 Å². The molecular formula is C13H24N2O3. The number of likely N-dealkylation sites (tertiary alicyclic amines) is 1. The van der Waals surface area contributed by atoms with Crippen molar-refractivity contribution in [3.63, 3.8) is 0 Å². The average molecular weight is 256 g/mol. The summed E-state index contributed by atoms with van der Waals surface area (Å²) in [4.78, 5) is 26.1. The van der Waals surface area contributed by atoms with Gasteiger partial charge in [0.1, 0.15) is 5.92 Å². The summed E-state index contributed by atoms with van der Waals surface area (Å²) in [5.74, 6) is -1.34. The van der Waals surface area contributed by atoms with E-state index in [1.807, 2.05) is 20.8 Å². The zero-order valence-corrected chi connectivity index (χ0v) is 11.7. The molecule has 1 heterocycles. The number of hydrogen-bond donors (Lipinski definition) is 1. The number of amides is 1. The van der Waals surface area contributed by atoms with Crippen molar-refractivity contribution in [2.75, 3.05) is 19.7 Å². The molecule has 0 aromatic carbocycles. The summed E-state index contributed by atoms with van der Waals surface area (Å²) in [7, 11) is 0. The highest BCUT2D eigenvalue weighted by Gasteiger charge is 2.42. The number of ether oxygens (including phenoxy) is 1. The van der Waals surface area contributed by atoms with Gasteiger partial charge in [0.15, 0.2) is 0 Å². The van der Waals surface area contributed by atoms with Crippen molar-refractivity contribution in [1.29, 1.82) is 0 Å². The number of hydrogen-bond acceptors (Lipinski definition) is 4. The Morgan fingerprint density at radius 1 is 1.44 bits per heavy atom. The molecule has 0 aromatic heterocycles. The summed E-state index contributed by atoms with van der Waals surface area (Å²) in [5.41, 5.74) is 5.35. The Kier molecular flexibility index (Phi) is 4.73. The maximum absolute atomic E-state index is 12.4. The fourth-order valence-electron chi connectivity index (χ4n) is 2.22. The standard InChI is InChI=1S/C13H24N2O3/c1-5-18-12(17)10(13(2,3)4)11(16)15-7-6-9(14)8-15/h9-10H,5-8,14H2,1-4H3. The van der Waals surface area contributed by atoms with E-state index in [9.17, 15) is 9.59 Å². The first kappa shape index (κ1) is 15.0. The lowest BCUT2D eigenvalue weighted by Gasteiger charge is -2.31. The van der Waals surface area contributed by atoms with Gasteiger partial charge in [-0.05, 0) is 18.8 Å². The van der Waals surface area contributed by atoms with Crippen LogP contribution in [-0.4, -0.2) is 42.5 Å². The van der Waals surface area contributed by atoms with Gasteiger partial charge in [-0.25, -0.2) is 0 Å². The molecule has 5 heteroatoms. The van der Waals surface area contributed by atoms with Crippen LogP contribution in [0.4, 0.5) is 0 Å². The highest BCUT2D eigenvalue weighted by atomic mass is 16.5. The zero-order valence-electron chi connectivity index (χ0n) is 11.7. The minimum absolute atomic E-state index is 0.0248.